The molecular weight excluding hydrogens is 532 g/mol. The number of carbonyl (C=O) groups is 3. The van der Waals surface area contributed by atoms with Crippen molar-refractivity contribution in [2.45, 2.75) is 47.2 Å². The number of aliphatic carboxylic acids is 1. The van der Waals surface area contributed by atoms with Gasteiger partial charge in [-0.05, 0) is 31.9 Å². The number of anilines is 1. The molecule has 3 unspecified atom stereocenters. The van der Waals surface area contributed by atoms with Gasteiger partial charge in [-0.1, -0.05) is 45.7 Å². The highest BCUT2D eigenvalue weighted by molar-refractivity contribution is 9.09. The zero-order valence-corrected chi connectivity index (χ0v) is 21.4. The van der Waals surface area contributed by atoms with E-state index in [1.165, 1.54) is 21.6 Å². The first-order valence-electron chi connectivity index (χ1n) is 10.8. The molecule has 1 aromatic rings. The molecule has 2 N–H and O–H groups in total. The highest BCUT2D eigenvalue weighted by Crippen LogP contribution is 2.68. The third-order valence-electron chi connectivity index (χ3n) is 7.02. The van der Waals surface area contributed by atoms with Gasteiger partial charge < -0.3 is 20.0 Å². The molecule has 1 aromatic carbocycles. The Labute approximate surface area is 210 Å². The van der Waals surface area contributed by atoms with E-state index >= 15 is 0 Å². The second-order valence-corrected chi connectivity index (χ2v) is 12.0. The predicted octanol–water partition coefficient (Wildman–Crippen LogP) is 3.10. The molecule has 0 saturated carbocycles. The molecule has 3 heterocycles. The van der Waals surface area contributed by atoms with Gasteiger partial charge in [0.05, 0.1) is 39.9 Å². The lowest BCUT2D eigenvalue weighted by Gasteiger charge is -2.39. The molecule has 178 valence electrons. The number of alkyl halides is 1. The molecule has 10 heteroatoms. The molecule has 7 atom stereocenters. The second-order valence-electron chi connectivity index (χ2n) is 8.92. The quantitative estimate of drug-likeness (QED) is 0.395. The molecule has 1 spiro atoms. The maximum Gasteiger partial charge on any atom is 0.308 e. The minimum absolute atomic E-state index is 0.137. The van der Waals surface area contributed by atoms with Gasteiger partial charge in [0.2, 0.25) is 5.91 Å². The number of aryl methyl sites for hydroxylation is 1. The first kappa shape index (κ1) is 24.6. The summed E-state index contributed by atoms with van der Waals surface area (Å²) >= 11 is 11.5. The monoisotopic (exact) mass is 556 g/mol. The van der Waals surface area contributed by atoms with Crippen molar-refractivity contribution in [2.75, 3.05) is 18.1 Å². The standard InChI is InChI=1S/C23H26BrClN2O5S/c1-4-8-26(17-11(2)6-5-7-14(17)25)21(30)19-23-9-13(24)18(33-23)15(22(31)32)16(23)20(29)27(19)12(3)10-28/h4-7,12-13,15-16,18-19,28H,1,8-10H2,2-3H3,(H,31,32)/t12-,13?,15-,16+,18-,19?,23?/m1/s1. The first-order valence-corrected chi connectivity index (χ1v) is 12.9. The second kappa shape index (κ2) is 8.91. The van der Waals surface area contributed by atoms with Gasteiger partial charge in [0.15, 0.2) is 0 Å². The number of carboxylic acids is 1. The maximum absolute atomic E-state index is 14.3. The molecule has 7 nitrogen and oxygen atoms in total. The maximum atomic E-state index is 14.3. The Kier molecular flexibility index (Phi) is 6.63. The number of nitrogens with zero attached hydrogens (tertiary/aromatic N) is 2. The van der Waals surface area contributed by atoms with Crippen LogP contribution in [-0.4, -0.2) is 73.0 Å². The Morgan fingerprint density at radius 3 is 2.76 bits per heavy atom. The van der Waals surface area contributed by atoms with Gasteiger partial charge in [0, 0.05) is 16.6 Å². The Hall–Kier alpha value is -1.55. The van der Waals surface area contributed by atoms with Crippen molar-refractivity contribution in [3.63, 3.8) is 0 Å². The first-order chi connectivity index (χ1) is 15.6. The number of carbonyl (C=O) groups excluding carboxylic acids is 2. The summed E-state index contributed by atoms with van der Waals surface area (Å²) in [5.41, 5.74) is 1.33. The predicted molar refractivity (Wildman–Crippen MR) is 132 cm³/mol. The number of halogens is 2. The average Bonchev–Trinajstić information content (AvgIpc) is 3.35. The van der Waals surface area contributed by atoms with Gasteiger partial charge in [-0.3, -0.25) is 14.4 Å². The summed E-state index contributed by atoms with van der Waals surface area (Å²) in [6.45, 7) is 7.15. The van der Waals surface area contributed by atoms with Crippen LogP contribution in [0.25, 0.3) is 0 Å². The van der Waals surface area contributed by atoms with E-state index in [9.17, 15) is 24.6 Å². The van der Waals surface area contributed by atoms with Gasteiger partial charge in [-0.2, -0.15) is 0 Å². The van der Waals surface area contributed by atoms with Crippen molar-refractivity contribution in [3.8, 4) is 0 Å². The van der Waals surface area contributed by atoms with Crippen LogP contribution in [0, 0.1) is 18.8 Å². The SMILES string of the molecule is C=CCN(C(=O)C1N([C@H](C)CO)C(=O)[C@@H]2[C@@H](C(=O)O)[C@@H]3SC12CC3Br)c1c(C)cccc1Cl. The van der Waals surface area contributed by atoms with E-state index in [1.807, 2.05) is 13.0 Å². The number of carboxylic acid groups (broad SMARTS) is 1. The summed E-state index contributed by atoms with van der Waals surface area (Å²) in [5.74, 6) is -3.50. The molecule has 33 heavy (non-hydrogen) atoms. The number of amides is 2. The number of likely N-dealkylation sites (tertiary alicyclic amines) is 1. The largest absolute Gasteiger partial charge is 0.481 e. The fourth-order valence-electron chi connectivity index (χ4n) is 5.72. The summed E-state index contributed by atoms with van der Waals surface area (Å²) in [6.07, 6.45) is 2.08. The van der Waals surface area contributed by atoms with Crippen LogP contribution in [-0.2, 0) is 14.4 Å². The molecule has 3 saturated heterocycles. The van der Waals surface area contributed by atoms with E-state index in [2.05, 4.69) is 22.5 Å². The normalized spacial score (nSPS) is 33.2. The van der Waals surface area contributed by atoms with Crippen LogP contribution in [0.2, 0.25) is 5.02 Å². The number of benzene rings is 1. The highest BCUT2D eigenvalue weighted by atomic mass is 79.9. The molecule has 0 aromatic heterocycles. The van der Waals surface area contributed by atoms with Crippen LogP contribution >= 0.6 is 39.3 Å². The summed E-state index contributed by atoms with van der Waals surface area (Å²) in [6, 6.07) is 3.77. The zero-order valence-electron chi connectivity index (χ0n) is 18.3. The average molecular weight is 558 g/mol. The van der Waals surface area contributed by atoms with E-state index in [-0.39, 0.29) is 35.0 Å². The smallest absolute Gasteiger partial charge is 0.308 e. The molecular formula is C23H26BrClN2O5S. The van der Waals surface area contributed by atoms with E-state index in [1.54, 1.807) is 25.1 Å². The zero-order chi connectivity index (χ0) is 24.2. The highest BCUT2D eigenvalue weighted by Gasteiger charge is 2.76. The van der Waals surface area contributed by atoms with Crippen molar-refractivity contribution < 1.29 is 24.6 Å². The number of hydrogen-bond donors (Lipinski definition) is 2. The van der Waals surface area contributed by atoms with Crippen molar-refractivity contribution in [1.82, 2.24) is 4.90 Å². The van der Waals surface area contributed by atoms with Crippen molar-refractivity contribution in [1.29, 1.82) is 0 Å². The van der Waals surface area contributed by atoms with Crippen LogP contribution < -0.4 is 4.90 Å². The van der Waals surface area contributed by atoms with Gasteiger partial charge in [0.1, 0.15) is 6.04 Å². The fourth-order valence-corrected chi connectivity index (χ4v) is 9.63. The number of fused-ring (bicyclic) bond motifs is 1. The van der Waals surface area contributed by atoms with Crippen molar-refractivity contribution >= 4 is 62.8 Å². The van der Waals surface area contributed by atoms with Gasteiger partial charge in [-0.15, -0.1) is 18.3 Å². The number of aliphatic hydroxyl groups excluding tert-OH is 1. The van der Waals surface area contributed by atoms with Gasteiger partial charge >= 0.3 is 5.97 Å². The minimum atomic E-state index is -1.04. The lowest BCUT2D eigenvalue weighted by atomic mass is 9.71. The van der Waals surface area contributed by atoms with Crippen LogP contribution in [0.3, 0.4) is 0 Å². The van der Waals surface area contributed by atoms with E-state index in [0.29, 0.717) is 17.1 Å². The molecule has 0 radical (unpaired) electrons. The Morgan fingerprint density at radius 1 is 1.48 bits per heavy atom. The number of aliphatic hydroxyl groups is 1. The summed E-state index contributed by atoms with van der Waals surface area (Å²) in [4.78, 5) is 43.0. The van der Waals surface area contributed by atoms with Crippen molar-refractivity contribution in [3.05, 3.63) is 41.4 Å². The van der Waals surface area contributed by atoms with Gasteiger partial charge in [0.25, 0.3) is 5.91 Å². The number of hydrogen-bond acceptors (Lipinski definition) is 5. The Bertz CT molecular complexity index is 1000. The molecule has 2 bridgehead atoms. The summed E-state index contributed by atoms with van der Waals surface area (Å²) < 4.78 is -0.909. The van der Waals surface area contributed by atoms with Crippen LogP contribution in [0.15, 0.2) is 30.9 Å². The van der Waals surface area contributed by atoms with Gasteiger partial charge in [-0.25, -0.2) is 0 Å². The number of thioether (sulfide) groups is 1. The molecule has 3 aliphatic heterocycles. The molecule has 4 rings (SSSR count). The van der Waals surface area contributed by atoms with Crippen LogP contribution in [0.4, 0.5) is 5.69 Å². The summed E-state index contributed by atoms with van der Waals surface area (Å²) in [7, 11) is 0. The molecule has 2 amide bonds. The van der Waals surface area contributed by atoms with Crippen LogP contribution in [0.5, 0.6) is 0 Å². The Morgan fingerprint density at radius 2 is 2.18 bits per heavy atom. The van der Waals surface area contributed by atoms with Crippen molar-refractivity contribution in [2.24, 2.45) is 11.8 Å². The third-order valence-corrected chi connectivity index (χ3v) is 10.5. The van der Waals surface area contributed by atoms with E-state index in [4.69, 9.17) is 11.6 Å². The van der Waals surface area contributed by atoms with E-state index < -0.39 is 34.6 Å². The minimum Gasteiger partial charge on any atom is -0.481 e. The molecule has 3 fully saturated rings. The molecule has 0 aliphatic carbocycles. The Balaban J connectivity index is 1.87. The van der Waals surface area contributed by atoms with E-state index in [0.717, 1.165) is 5.56 Å². The fraction of sp³-hybridized carbons (Fsp3) is 0.522. The summed E-state index contributed by atoms with van der Waals surface area (Å²) in [5, 5.41) is 20.0. The lowest BCUT2D eigenvalue weighted by molar-refractivity contribution is -0.149. The number of para-hydroxylation sites is 1. The number of rotatable bonds is 7. The molecule has 3 aliphatic rings. The topological polar surface area (TPSA) is 98.2 Å². The lowest BCUT2D eigenvalue weighted by Crippen LogP contribution is -2.57. The van der Waals surface area contributed by atoms with Crippen LogP contribution in [0.1, 0.15) is 18.9 Å². The third kappa shape index (κ3) is 3.54.